The highest BCUT2D eigenvalue weighted by Crippen LogP contribution is 2.63. The molecule has 250 valence electrons. The average Bonchev–Trinajstić information content (AvgIpc) is 3.38. The first-order valence-corrected chi connectivity index (χ1v) is 18.4. The van der Waals surface area contributed by atoms with Crippen LogP contribution in [0.4, 0.5) is 0 Å². The van der Waals surface area contributed by atoms with Crippen molar-refractivity contribution in [1.82, 2.24) is 4.98 Å². The average molecular weight is 678 g/mol. The monoisotopic (exact) mass is 677 g/mol. The maximum absolute atomic E-state index is 7.09. The first-order chi connectivity index (χ1) is 26.0. The minimum atomic E-state index is -0.738. The number of hydrogen-bond donors (Lipinski definition) is 0. The third kappa shape index (κ3) is 4.12. The van der Waals surface area contributed by atoms with Crippen LogP contribution in [-0.2, 0) is 10.8 Å². The fourth-order valence-electron chi connectivity index (χ4n) is 9.63. The predicted molar refractivity (Wildman–Crippen MR) is 215 cm³/mol. The van der Waals surface area contributed by atoms with Crippen molar-refractivity contribution >= 4 is 0 Å². The molecular formula is C51H35NO. The molecule has 2 heteroatoms. The van der Waals surface area contributed by atoms with Crippen LogP contribution in [0.25, 0.3) is 55.6 Å². The molecule has 0 saturated carbocycles. The molecule has 2 nitrogen and oxygen atoms in total. The molecule has 3 aliphatic rings. The van der Waals surface area contributed by atoms with Crippen molar-refractivity contribution in [3.05, 3.63) is 210 Å². The summed E-state index contributed by atoms with van der Waals surface area (Å²) in [6, 6.07) is 60.6. The van der Waals surface area contributed by atoms with Crippen LogP contribution in [0.2, 0.25) is 0 Å². The van der Waals surface area contributed by atoms with Gasteiger partial charge in [-0.1, -0.05) is 135 Å². The number of ether oxygens (including phenoxy) is 1. The van der Waals surface area contributed by atoms with Gasteiger partial charge in [0.05, 0.1) is 5.41 Å². The van der Waals surface area contributed by atoms with Gasteiger partial charge in [0.25, 0.3) is 0 Å². The maximum Gasteiger partial charge on any atom is 0.132 e. The number of aromatic nitrogens is 1. The number of rotatable bonds is 2. The van der Waals surface area contributed by atoms with Crippen LogP contribution in [0, 0.1) is 0 Å². The summed E-state index contributed by atoms with van der Waals surface area (Å²) in [5.74, 6) is 1.79. The Bertz CT molecular complexity index is 2670. The van der Waals surface area contributed by atoms with E-state index in [0.717, 1.165) is 33.8 Å². The Kier molecular flexibility index (Phi) is 6.25. The Morgan fingerprint density at radius 3 is 1.58 bits per heavy atom. The molecule has 7 aromatic carbocycles. The van der Waals surface area contributed by atoms with Gasteiger partial charge in [-0.3, -0.25) is 4.98 Å². The molecule has 1 aromatic heterocycles. The first kappa shape index (κ1) is 30.1. The molecule has 11 rings (SSSR count). The van der Waals surface area contributed by atoms with Crippen molar-refractivity contribution in [3.63, 3.8) is 0 Å². The Morgan fingerprint density at radius 1 is 0.358 bits per heavy atom. The van der Waals surface area contributed by atoms with E-state index in [9.17, 15) is 0 Å². The summed E-state index contributed by atoms with van der Waals surface area (Å²) >= 11 is 0. The molecule has 0 saturated heterocycles. The van der Waals surface area contributed by atoms with Crippen molar-refractivity contribution in [3.8, 4) is 67.1 Å². The SMILES string of the molecule is CC1(C)c2ccccc2-c2cc3c(cc21)Oc1ccccc1C31c2cc(-c3ccccc3)ccc2-c2ccccc2-c2ccc(-c3ccncc3)cc21. The summed E-state index contributed by atoms with van der Waals surface area (Å²) < 4.78 is 7.09. The van der Waals surface area contributed by atoms with Gasteiger partial charge < -0.3 is 4.74 Å². The van der Waals surface area contributed by atoms with Crippen LogP contribution in [0.3, 0.4) is 0 Å². The second-order valence-corrected chi connectivity index (χ2v) is 15.1. The number of para-hydroxylation sites is 1. The van der Waals surface area contributed by atoms with Crippen molar-refractivity contribution in [2.24, 2.45) is 0 Å². The molecule has 1 aliphatic heterocycles. The quantitative estimate of drug-likeness (QED) is 0.182. The molecule has 0 N–H and O–H groups in total. The third-order valence-corrected chi connectivity index (χ3v) is 12.1. The molecule has 1 unspecified atom stereocenters. The molecule has 0 radical (unpaired) electrons. The highest BCUT2D eigenvalue weighted by atomic mass is 16.5. The van der Waals surface area contributed by atoms with Crippen LogP contribution in [0.5, 0.6) is 11.5 Å². The molecule has 0 fully saturated rings. The zero-order valence-electron chi connectivity index (χ0n) is 29.6. The lowest BCUT2D eigenvalue weighted by molar-refractivity contribution is 0.433. The fourth-order valence-corrected chi connectivity index (χ4v) is 9.63. The van der Waals surface area contributed by atoms with Gasteiger partial charge in [0.15, 0.2) is 0 Å². The largest absolute Gasteiger partial charge is 0.457 e. The van der Waals surface area contributed by atoms with Crippen LogP contribution in [-0.4, -0.2) is 4.98 Å². The summed E-state index contributed by atoms with van der Waals surface area (Å²) in [5, 5.41) is 0. The van der Waals surface area contributed by atoms with Crippen LogP contribution >= 0.6 is 0 Å². The molecule has 2 heterocycles. The maximum atomic E-state index is 7.09. The predicted octanol–water partition coefficient (Wildman–Crippen LogP) is 12.9. The Hall–Kier alpha value is -6.51. The number of nitrogens with zero attached hydrogens (tertiary/aromatic N) is 1. The van der Waals surface area contributed by atoms with Crippen LogP contribution in [0.1, 0.15) is 47.2 Å². The minimum Gasteiger partial charge on any atom is -0.457 e. The first-order valence-electron chi connectivity index (χ1n) is 18.4. The van der Waals surface area contributed by atoms with E-state index in [4.69, 9.17) is 4.74 Å². The van der Waals surface area contributed by atoms with Crippen molar-refractivity contribution in [2.45, 2.75) is 24.7 Å². The summed E-state index contributed by atoms with van der Waals surface area (Å²) in [6.45, 7) is 4.69. The zero-order chi connectivity index (χ0) is 35.3. The number of hydrogen-bond acceptors (Lipinski definition) is 2. The van der Waals surface area contributed by atoms with Crippen LogP contribution < -0.4 is 4.74 Å². The normalized spacial score (nSPS) is 16.5. The van der Waals surface area contributed by atoms with E-state index in [1.165, 1.54) is 66.8 Å². The Labute approximate surface area is 310 Å². The summed E-state index contributed by atoms with van der Waals surface area (Å²) in [6.07, 6.45) is 3.77. The molecule has 8 aromatic rings. The van der Waals surface area contributed by atoms with Gasteiger partial charge in [0.1, 0.15) is 11.5 Å². The van der Waals surface area contributed by atoms with Crippen molar-refractivity contribution < 1.29 is 4.74 Å². The van der Waals surface area contributed by atoms with Gasteiger partial charge in [-0.15, -0.1) is 0 Å². The molecule has 0 bridgehead atoms. The summed E-state index contributed by atoms with van der Waals surface area (Å²) in [4.78, 5) is 4.36. The summed E-state index contributed by atoms with van der Waals surface area (Å²) in [5.41, 5.74) is 18.7. The van der Waals surface area contributed by atoms with Gasteiger partial charge in [0, 0.05) is 28.9 Å². The Balaban J connectivity index is 1.36. The fraction of sp³-hybridized carbons (Fsp3) is 0.0784. The lowest BCUT2D eigenvalue weighted by Crippen LogP contribution is -2.35. The Morgan fingerprint density at radius 2 is 0.906 bits per heavy atom. The van der Waals surface area contributed by atoms with E-state index in [-0.39, 0.29) is 5.41 Å². The van der Waals surface area contributed by atoms with E-state index < -0.39 is 5.41 Å². The second kappa shape index (κ2) is 11.0. The molecule has 1 spiro atoms. The van der Waals surface area contributed by atoms with Gasteiger partial charge in [-0.2, -0.15) is 0 Å². The second-order valence-electron chi connectivity index (χ2n) is 15.1. The van der Waals surface area contributed by atoms with E-state index in [1.807, 2.05) is 12.4 Å². The van der Waals surface area contributed by atoms with Crippen LogP contribution in [0.15, 0.2) is 176 Å². The molecule has 53 heavy (non-hydrogen) atoms. The van der Waals surface area contributed by atoms with E-state index in [0.29, 0.717) is 0 Å². The van der Waals surface area contributed by atoms with Crippen molar-refractivity contribution in [1.29, 1.82) is 0 Å². The topological polar surface area (TPSA) is 22.1 Å². The molecule has 0 amide bonds. The highest BCUT2D eigenvalue weighted by molar-refractivity contribution is 5.96. The lowest BCUT2D eigenvalue weighted by atomic mass is 9.61. The third-order valence-electron chi connectivity index (χ3n) is 12.1. The number of fused-ring (bicyclic) bond motifs is 14. The molecule has 2 aliphatic carbocycles. The van der Waals surface area contributed by atoms with Gasteiger partial charge in [-0.05, 0) is 120 Å². The van der Waals surface area contributed by atoms with E-state index in [1.54, 1.807) is 0 Å². The smallest absolute Gasteiger partial charge is 0.132 e. The lowest BCUT2D eigenvalue weighted by Gasteiger charge is -2.43. The van der Waals surface area contributed by atoms with E-state index in [2.05, 4.69) is 183 Å². The van der Waals surface area contributed by atoms with Gasteiger partial charge >= 0.3 is 0 Å². The zero-order valence-corrected chi connectivity index (χ0v) is 29.6. The van der Waals surface area contributed by atoms with E-state index >= 15 is 0 Å². The molecule has 1 atom stereocenters. The van der Waals surface area contributed by atoms with Gasteiger partial charge in [0.2, 0.25) is 0 Å². The summed E-state index contributed by atoms with van der Waals surface area (Å²) in [7, 11) is 0. The minimum absolute atomic E-state index is 0.168. The highest BCUT2D eigenvalue weighted by Gasteiger charge is 2.51. The number of benzene rings is 7. The van der Waals surface area contributed by atoms with Gasteiger partial charge in [-0.25, -0.2) is 0 Å². The standard InChI is InChI=1S/C51H35NO/c1-50(2)42-17-9-8-16-38(42)41-30-47-49(31-44(41)50)53-48-19-11-10-18-43(48)51(47)45-28-34(32-12-4-3-5-13-32)20-22-39(45)36-14-6-7-15-37(36)40-23-21-35(29-46(40)51)33-24-26-52-27-25-33/h3-31H,1-2H3. The number of pyridine rings is 1. The molecular weight excluding hydrogens is 643 g/mol. The van der Waals surface area contributed by atoms with Crippen molar-refractivity contribution in [2.75, 3.05) is 0 Å².